The van der Waals surface area contributed by atoms with Gasteiger partial charge in [0.1, 0.15) is 0 Å². The van der Waals surface area contributed by atoms with E-state index in [0.717, 1.165) is 52.4 Å². The molecule has 2 fully saturated rings. The van der Waals surface area contributed by atoms with E-state index in [0.29, 0.717) is 23.9 Å². The lowest BCUT2D eigenvalue weighted by Crippen LogP contribution is -2.47. The van der Waals surface area contributed by atoms with Gasteiger partial charge in [-0.05, 0) is 49.6 Å². The van der Waals surface area contributed by atoms with Gasteiger partial charge in [0.25, 0.3) is 0 Å². The maximum atomic E-state index is 9.30. The first-order valence-corrected chi connectivity index (χ1v) is 8.25. The SMILES string of the molecule is CC(C)CNCC1(CN2CCC(CO)C2)CCOCC1. The van der Waals surface area contributed by atoms with Crippen LogP contribution >= 0.6 is 0 Å². The Labute approximate surface area is 123 Å². The van der Waals surface area contributed by atoms with E-state index >= 15 is 0 Å². The summed E-state index contributed by atoms with van der Waals surface area (Å²) in [4.78, 5) is 2.56. The van der Waals surface area contributed by atoms with Crippen LogP contribution < -0.4 is 5.32 Å². The van der Waals surface area contributed by atoms with Gasteiger partial charge in [0.15, 0.2) is 0 Å². The molecule has 2 saturated heterocycles. The van der Waals surface area contributed by atoms with Crippen LogP contribution in [0.4, 0.5) is 0 Å². The average molecular weight is 284 g/mol. The second-order valence-electron chi connectivity index (χ2n) is 7.21. The summed E-state index contributed by atoms with van der Waals surface area (Å²) in [5, 5.41) is 13.0. The zero-order chi connectivity index (χ0) is 14.4. The fourth-order valence-electron chi connectivity index (χ4n) is 3.50. The maximum absolute atomic E-state index is 9.30. The molecule has 0 saturated carbocycles. The molecule has 20 heavy (non-hydrogen) atoms. The van der Waals surface area contributed by atoms with Crippen molar-refractivity contribution in [1.82, 2.24) is 10.2 Å². The largest absolute Gasteiger partial charge is 0.396 e. The third-order valence-corrected chi connectivity index (χ3v) is 4.79. The summed E-state index contributed by atoms with van der Waals surface area (Å²) in [5.74, 6) is 1.20. The van der Waals surface area contributed by atoms with E-state index < -0.39 is 0 Å². The molecule has 2 aliphatic heterocycles. The van der Waals surface area contributed by atoms with Gasteiger partial charge in [-0.2, -0.15) is 0 Å². The molecule has 0 aromatic carbocycles. The lowest BCUT2D eigenvalue weighted by atomic mass is 9.79. The van der Waals surface area contributed by atoms with Gasteiger partial charge >= 0.3 is 0 Å². The molecule has 2 rings (SSSR count). The van der Waals surface area contributed by atoms with Crippen LogP contribution in [0.1, 0.15) is 33.1 Å². The summed E-state index contributed by atoms with van der Waals surface area (Å²) in [7, 11) is 0. The minimum absolute atomic E-state index is 0.345. The van der Waals surface area contributed by atoms with Crippen molar-refractivity contribution in [3.63, 3.8) is 0 Å². The van der Waals surface area contributed by atoms with Gasteiger partial charge < -0.3 is 20.1 Å². The first kappa shape index (κ1) is 16.2. The molecule has 118 valence electrons. The standard InChI is InChI=1S/C16H32N2O2/c1-14(2)9-17-12-16(4-7-20-8-5-16)13-18-6-3-15(10-18)11-19/h14-15,17,19H,3-13H2,1-2H3. The highest BCUT2D eigenvalue weighted by Crippen LogP contribution is 2.32. The van der Waals surface area contributed by atoms with Gasteiger partial charge in [0.2, 0.25) is 0 Å². The number of nitrogens with zero attached hydrogens (tertiary/aromatic N) is 1. The third-order valence-electron chi connectivity index (χ3n) is 4.79. The Morgan fingerprint density at radius 3 is 2.70 bits per heavy atom. The number of hydrogen-bond acceptors (Lipinski definition) is 4. The number of ether oxygens (including phenoxy) is 1. The van der Waals surface area contributed by atoms with Crippen LogP contribution in [-0.2, 0) is 4.74 Å². The molecule has 0 aromatic rings. The van der Waals surface area contributed by atoms with E-state index in [1.54, 1.807) is 0 Å². The zero-order valence-corrected chi connectivity index (χ0v) is 13.2. The predicted molar refractivity (Wildman–Crippen MR) is 81.8 cm³/mol. The quantitative estimate of drug-likeness (QED) is 0.740. The second kappa shape index (κ2) is 7.74. The number of aliphatic hydroxyl groups is 1. The van der Waals surface area contributed by atoms with Crippen LogP contribution in [0.3, 0.4) is 0 Å². The predicted octanol–water partition coefficient (Wildman–Crippen LogP) is 1.34. The van der Waals surface area contributed by atoms with Crippen molar-refractivity contribution >= 4 is 0 Å². The fourth-order valence-corrected chi connectivity index (χ4v) is 3.50. The fraction of sp³-hybridized carbons (Fsp3) is 1.00. The topological polar surface area (TPSA) is 44.7 Å². The van der Waals surface area contributed by atoms with Crippen LogP contribution in [0.15, 0.2) is 0 Å². The Hall–Kier alpha value is -0.160. The summed E-state index contributed by atoms with van der Waals surface area (Å²) >= 11 is 0. The van der Waals surface area contributed by atoms with E-state index in [-0.39, 0.29) is 0 Å². The number of rotatable bonds is 7. The summed E-state index contributed by atoms with van der Waals surface area (Å²) in [5.41, 5.74) is 0.373. The van der Waals surface area contributed by atoms with Crippen molar-refractivity contribution in [2.45, 2.75) is 33.1 Å². The molecule has 2 aliphatic rings. The summed E-state index contributed by atoms with van der Waals surface area (Å²) < 4.78 is 5.57. The highest BCUT2D eigenvalue weighted by atomic mass is 16.5. The Balaban J connectivity index is 1.86. The third kappa shape index (κ3) is 4.69. The monoisotopic (exact) mass is 284 g/mol. The van der Waals surface area contributed by atoms with Crippen LogP contribution in [0, 0.1) is 17.3 Å². The van der Waals surface area contributed by atoms with Crippen LogP contribution in [-0.4, -0.2) is 62.6 Å². The van der Waals surface area contributed by atoms with E-state index in [2.05, 4.69) is 24.1 Å². The number of aliphatic hydroxyl groups excluding tert-OH is 1. The van der Waals surface area contributed by atoms with Crippen LogP contribution in [0.2, 0.25) is 0 Å². The molecule has 0 bridgehead atoms. The molecule has 4 nitrogen and oxygen atoms in total. The van der Waals surface area contributed by atoms with Crippen LogP contribution in [0.5, 0.6) is 0 Å². The Kier molecular flexibility index (Phi) is 6.27. The van der Waals surface area contributed by atoms with E-state index in [1.807, 2.05) is 0 Å². The van der Waals surface area contributed by atoms with Gasteiger partial charge in [-0.1, -0.05) is 13.8 Å². The minimum atomic E-state index is 0.345. The van der Waals surface area contributed by atoms with E-state index in [9.17, 15) is 5.11 Å². The Morgan fingerprint density at radius 1 is 1.35 bits per heavy atom. The molecule has 1 unspecified atom stereocenters. The van der Waals surface area contributed by atoms with Crippen LogP contribution in [0.25, 0.3) is 0 Å². The molecular formula is C16H32N2O2. The molecule has 1 atom stereocenters. The molecule has 2 heterocycles. The van der Waals surface area contributed by atoms with Gasteiger partial charge in [-0.25, -0.2) is 0 Å². The Morgan fingerprint density at radius 2 is 2.10 bits per heavy atom. The van der Waals surface area contributed by atoms with Gasteiger partial charge in [0, 0.05) is 39.5 Å². The summed E-state index contributed by atoms with van der Waals surface area (Å²) in [6, 6.07) is 0. The van der Waals surface area contributed by atoms with Crippen molar-refractivity contribution in [2.24, 2.45) is 17.3 Å². The first-order chi connectivity index (χ1) is 9.63. The lowest BCUT2D eigenvalue weighted by Gasteiger charge is -2.40. The molecule has 4 heteroatoms. The molecule has 0 radical (unpaired) electrons. The smallest absolute Gasteiger partial charge is 0.0472 e. The zero-order valence-electron chi connectivity index (χ0n) is 13.2. The number of likely N-dealkylation sites (tertiary alicyclic amines) is 1. The van der Waals surface area contributed by atoms with Crippen molar-refractivity contribution < 1.29 is 9.84 Å². The highest BCUT2D eigenvalue weighted by molar-refractivity contribution is 4.89. The number of hydrogen-bond donors (Lipinski definition) is 2. The normalized spacial score (nSPS) is 27.3. The lowest BCUT2D eigenvalue weighted by molar-refractivity contribution is -0.00197. The molecule has 0 amide bonds. The van der Waals surface area contributed by atoms with E-state index in [4.69, 9.17) is 4.74 Å². The van der Waals surface area contributed by atoms with Crippen molar-refractivity contribution in [3.8, 4) is 0 Å². The van der Waals surface area contributed by atoms with Gasteiger partial charge in [0.05, 0.1) is 0 Å². The van der Waals surface area contributed by atoms with Gasteiger partial charge in [-0.3, -0.25) is 0 Å². The van der Waals surface area contributed by atoms with Crippen molar-refractivity contribution in [2.75, 3.05) is 52.5 Å². The second-order valence-corrected chi connectivity index (χ2v) is 7.21. The molecule has 0 spiro atoms. The van der Waals surface area contributed by atoms with E-state index in [1.165, 1.54) is 12.8 Å². The average Bonchev–Trinajstić information content (AvgIpc) is 2.86. The molecule has 2 N–H and O–H groups in total. The Bertz CT molecular complexity index is 278. The summed E-state index contributed by atoms with van der Waals surface area (Å²) in [6.45, 7) is 12.3. The van der Waals surface area contributed by atoms with Crippen molar-refractivity contribution in [1.29, 1.82) is 0 Å². The van der Waals surface area contributed by atoms with Gasteiger partial charge in [-0.15, -0.1) is 0 Å². The molecule has 0 aromatic heterocycles. The highest BCUT2D eigenvalue weighted by Gasteiger charge is 2.36. The minimum Gasteiger partial charge on any atom is -0.396 e. The first-order valence-electron chi connectivity index (χ1n) is 8.25. The van der Waals surface area contributed by atoms with Crippen molar-refractivity contribution in [3.05, 3.63) is 0 Å². The molecule has 0 aliphatic carbocycles. The summed E-state index contributed by atoms with van der Waals surface area (Å²) in [6.07, 6.45) is 3.49. The molecular weight excluding hydrogens is 252 g/mol. The number of nitrogens with one attached hydrogen (secondary N) is 1. The maximum Gasteiger partial charge on any atom is 0.0472 e.